The van der Waals surface area contributed by atoms with Crippen LogP contribution in [0.5, 0.6) is 0 Å². The fraction of sp³-hybridized carbons (Fsp3) is 0.0455. The lowest BCUT2D eigenvalue weighted by Gasteiger charge is -2.23. The smallest absolute Gasteiger partial charge is 0.296 e. The molecule has 0 fully saturated rings. The van der Waals surface area contributed by atoms with E-state index < -0.39 is 16.9 Å². The number of benzene rings is 2. The van der Waals surface area contributed by atoms with E-state index in [0.717, 1.165) is 0 Å². The molecule has 5 rings (SSSR count). The van der Waals surface area contributed by atoms with Crippen molar-refractivity contribution in [3.8, 4) is 0 Å². The van der Waals surface area contributed by atoms with Gasteiger partial charge in [0, 0.05) is 22.8 Å². The SMILES string of the molecule is O=C1c2oc3ccc(Br)cc3c(=O)c2C(c2cccc([N+](=O)[O-])c2)N1c1ccccn1. The number of carbonyl (C=O) groups is 1. The Morgan fingerprint density at radius 2 is 1.90 bits per heavy atom. The van der Waals surface area contributed by atoms with Crippen molar-refractivity contribution in [2.75, 3.05) is 4.90 Å². The molecule has 0 aliphatic carbocycles. The highest BCUT2D eigenvalue weighted by molar-refractivity contribution is 9.10. The van der Waals surface area contributed by atoms with Crippen LogP contribution in [-0.4, -0.2) is 15.8 Å². The Balaban J connectivity index is 1.83. The van der Waals surface area contributed by atoms with E-state index in [1.54, 1.807) is 42.5 Å². The zero-order valence-electron chi connectivity index (χ0n) is 15.7. The van der Waals surface area contributed by atoms with E-state index in [1.165, 1.54) is 29.3 Å². The molecule has 1 amide bonds. The van der Waals surface area contributed by atoms with Gasteiger partial charge in [0.25, 0.3) is 11.6 Å². The first kappa shape index (κ1) is 19.1. The van der Waals surface area contributed by atoms with Gasteiger partial charge < -0.3 is 4.42 Å². The summed E-state index contributed by atoms with van der Waals surface area (Å²) in [5, 5.41) is 11.6. The number of halogens is 1. The highest BCUT2D eigenvalue weighted by Crippen LogP contribution is 2.41. The topological polar surface area (TPSA) is 107 Å². The quantitative estimate of drug-likeness (QED) is 0.315. The fourth-order valence-electron chi connectivity index (χ4n) is 3.80. The lowest BCUT2D eigenvalue weighted by atomic mass is 9.98. The first-order valence-corrected chi connectivity index (χ1v) is 10.00. The second kappa shape index (κ2) is 7.13. The summed E-state index contributed by atoms with van der Waals surface area (Å²) in [7, 11) is 0. The van der Waals surface area contributed by atoms with E-state index >= 15 is 0 Å². The summed E-state index contributed by atoms with van der Waals surface area (Å²) in [6.45, 7) is 0. The van der Waals surface area contributed by atoms with E-state index in [9.17, 15) is 19.7 Å². The molecule has 152 valence electrons. The number of nitro benzene ring substituents is 1. The second-order valence-electron chi connectivity index (χ2n) is 6.93. The zero-order valence-corrected chi connectivity index (χ0v) is 17.3. The Morgan fingerprint density at radius 3 is 2.65 bits per heavy atom. The number of fused-ring (bicyclic) bond motifs is 2. The summed E-state index contributed by atoms with van der Waals surface area (Å²) in [6, 6.07) is 14.9. The summed E-state index contributed by atoms with van der Waals surface area (Å²) < 4.78 is 6.55. The number of hydrogen-bond acceptors (Lipinski definition) is 6. The van der Waals surface area contributed by atoms with Gasteiger partial charge in [-0.1, -0.05) is 34.1 Å². The molecule has 0 radical (unpaired) electrons. The molecule has 0 saturated carbocycles. The van der Waals surface area contributed by atoms with Crippen LogP contribution < -0.4 is 10.3 Å². The number of nitrogens with zero attached hydrogens (tertiary/aromatic N) is 3. The number of pyridine rings is 1. The lowest BCUT2D eigenvalue weighted by molar-refractivity contribution is -0.384. The Labute approximate surface area is 183 Å². The summed E-state index contributed by atoms with van der Waals surface area (Å²) in [5.41, 5.74) is 0.296. The van der Waals surface area contributed by atoms with Gasteiger partial charge in [0.2, 0.25) is 5.76 Å². The Bertz CT molecular complexity index is 1430. The minimum atomic E-state index is -0.920. The van der Waals surface area contributed by atoms with Crippen LogP contribution in [-0.2, 0) is 0 Å². The standard InChI is InChI=1S/C22H12BrN3O5/c23-13-7-8-16-15(11-13)20(27)18-19(12-4-3-5-14(10-12)26(29)30)25(22(28)21(18)31-16)17-6-1-2-9-24-17/h1-11,19H. The fourth-order valence-corrected chi connectivity index (χ4v) is 4.16. The molecule has 1 aliphatic heterocycles. The molecule has 1 atom stereocenters. The predicted octanol–water partition coefficient (Wildman–Crippen LogP) is 4.61. The average molecular weight is 478 g/mol. The first-order valence-electron chi connectivity index (χ1n) is 9.21. The second-order valence-corrected chi connectivity index (χ2v) is 7.85. The molecule has 0 bridgehead atoms. The third-order valence-electron chi connectivity index (χ3n) is 5.13. The van der Waals surface area contributed by atoms with Crippen molar-refractivity contribution in [3.63, 3.8) is 0 Å². The van der Waals surface area contributed by atoms with Crippen LogP contribution in [0.3, 0.4) is 0 Å². The Kier molecular flexibility index (Phi) is 4.40. The van der Waals surface area contributed by atoms with E-state index in [1.807, 2.05) is 0 Å². The first-order chi connectivity index (χ1) is 15.0. The van der Waals surface area contributed by atoms with E-state index in [-0.39, 0.29) is 28.0 Å². The molecule has 0 saturated heterocycles. The maximum Gasteiger partial charge on any atom is 0.296 e. The van der Waals surface area contributed by atoms with Crippen molar-refractivity contribution in [1.29, 1.82) is 0 Å². The number of aromatic nitrogens is 1. The van der Waals surface area contributed by atoms with Crippen molar-refractivity contribution in [2.24, 2.45) is 0 Å². The number of carbonyl (C=O) groups excluding carboxylic acids is 1. The van der Waals surface area contributed by atoms with Gasteiger partial charge in [-0.3, -0.25) is 24.6 Å². The summed E-state index contributed by atoms with van der Waals surface area (Å²) in [6.07, 6.45) is 1.53. The molecule has 1 unspecified atom stereocenters. The highest BCUT2D eigenvalue weighted by Gasteiger charge is 2.44. The van der Waals surface area contributed by atoms with Crippen LogP contribution in [0, 0.1) is 10.1 Å². The maximum absolute atomic E-state index is 13.5. The minimum Gasteiger partial charge on any atom is -0.450 e. The molecule has 4 aromatic rings. The van der Waals surface area contributed by atoms with Gasteiger partial charge >= 0.3 is 0 Å². The van der Waals surface area contributed by atoms with Crippen LogP contribution >= 0.6 is 15.9 Å². The van der Waals surface area contributed by atoms with Gasteiger partial charge in [-0.25, -0.2) is 4.98 Å². The third-order valence-corrected chi connectivity index (χ3v) is 5.62. The number of non-ortho nitro benzene ring substituents is 1. The Hall–Kier alpha value is -3.85. The molecular formula is C22H12BrN3O5. The van der Waals surface area contributed by atoms with Gasteiger partial charge in [0.1, 0.15) is 11.4 Å². The van der Waals surface area contributed by atoms with Gasteiger partial charge in [-0.2, -0.15) is 0 Å². The predicted molar refractivity (Wildman–Crippen MR) is 116 cm³/mol. The number of rotatable bonds is 3. The van der Waals surface area contributed by atoms with Crippen LogP contribution in [0.25, 0.3) is 11.0 Å². The molecule has 2 aromatic carbocycles. The molecule has 0 N–H and O–H groups in total. The van der Waals surface area contributed by atoms with Crippen molar-refractivity contribution >= 4 is 44.3 Å². The van der Waals surface area contributed by atoms with Crippen molar-refractivity contribution in [1.82, 2.24) is 4.98 Å². The van der Waals surface area contributed by atoms with Crippen LogP contribution in [0.4, 0.5) is 11.5 Å². The van der Waals surface area contributed by atoms with Crippen LogP contribution in [0.15, 0.2) is 80.5 Å². The van der Waals surface area contributed by atoms with Crippen LogP contribution in [0.2, 0.25) is 0 Å². The lowest BCUT2D eigenvalue weighted by Crippen LogP contribution is -2.30. The molecule has 1 aliphatic rings. The molecular weight excluding hydrogens is 466 g/mol. The number of amides is 1. The Morgan fingerprint density at radius 1 is 1.06 bits per heavy atom. The molecule has 9 heteroatoms. The van der Waals surface area contributed by atoms with Gasteiger partial charge in [-0.05, 0) is 35.9 Å². The van der Waals surface area contributed by atoms with Crippen molar-refractivity contribution in [3.05, 3.63) is 109 Å². The van der Waals surface area contributed by atoms with Crippen molar-refractivity contribution in [2.45, 2.75) is 6.04 Å². The number of anilines is 1. The number of hydrogen-bond donors (Lipinski definition) is 0. The molecule has 31 heavy (non-hydrogen) atoms. The summed E-state index contributed by atoms with van der Waals surface area (Å²) in [5.74, 6) is -0.325. The van der Waals surface area contributed by atoms with Gasteiger partial charge in [0.05, 0.1) is 21.9 Å². The average Bonchev–Trinajstić information content (AvgIpc) is 3.07. The molecule has 8 nitrogen and oxygen atoms in total. The largest absolute Gasteiger partial charge is 0.450 e. The molecule has 3 heterocycles. The molecule has 2 aromatic heterocycles. The number of nitro groups is 1. The maximum atomic E-state index is 13.5. The van der Waals surface area contributed by atoms with Crippen molar-refractivity contribution < 1.29 is 14.1 Å². The van der Waals surface area contributed by atoms with E-state index in [2.05, 4.69) is 20.9 Å². The van der Waals surface area contributed by atoms with E-state index in [4.69, 9.17) is 4.42 Å². The van der Waals surface area contributed by atoms with E-state index in [0.29, 0.717) is 21.2 Å². The monoisotopic (exact) mass is 477 g/mol. The highest BCUT2D eigenvalue weighted by atomic mass is 79.9. The summed E-state index contributed by atoms with van der Waals surface area (Å²) >= 11 is 3.35. The van der Waals surface area contributed by atoms with Crippen LogP contribution in [0.1, 0.15) is 27.7 Å². The van der Waals surface area contributed by atoms with Gasteiger partial charge in [-0.15, -0.1) is 0 Å². The summed E-state index contributed by atoms with van der Waals surface area (Å²) in [4.78, 5) is 43.3. The molecule has 0 spiro atoms. The third kappa shape index (κ3) is 3.01. The normalized spacial score (nSPS) is 15.3. The zero-order chi connectivity index (χ0) is 21.7. The minimum absolute atomic E-state index is 0.0954. The van der Waals surface area contributed by atoms with Gasteiger partial charge in [0.15, 0.2) is 5.43 Å².